The van der Waals surface area contributed by atoms with Crippen molar-refractivity contribution in [1.82, 2.24) is 9.97 Å². The first-order valence-electron chi connectivity index (χ1n) is 4.08. The third-order valence-corrected chi connectivity index (χ3v) is 3.17. The van der Waals surface area contributed by atoms with Gasteiger partial charge >= 0.3 is 0 Å². The Morgan fingerprint density at radius 1 is 1.43 bits per heavy atom. The van der Waals surface area contributed by atoms with E-state index in [4.69, 9.17) is 0 Å². The van der Waals surface area contributed by atoms with Crippen molar-refractivity contribution in [3.8, 4) is 0 Å². The highest BCUT2D eigenvalue weighted by Crippen LogP contribution is 2.24. The highest BCUT2D eigenvalue weighted by molar-refractivity contribution is 7.20. The molecule has 0 bridgehead atoms. The number of aromatic nitrogens is 2. The Morgan fingerprint density at radius 2 is 2.14 bits per heavy atom. The van der Waals surface area contributed by atoms with Crippen molar-refractivity contribution >= 4 is 27.8 Å². The summed E-state index contributed by atoms with van der Waals surface area (Å²) in [5.41, 5.74) is 0.545. The molecule has 2 aromatic heterocycles. The first-order chi connectivity index (χ1) is 6.63. The highest BCUT2D eigenvalue weighted by Gasteiger charge is 2.12. The summed E-state index contributed by atoms with van der Waals surface area (Å²) in [4.78, 5) is 30.2. The lowest BCUT2D eigenvalue weighted by Crippen LogP contribution is -2.08. The van der Waals surface area contributed by atoms with Crippen molar-refractivity contribution in [3.63, 3.8) is 0 Å². The van der Waals surface area contributed by atoms with Gasteiger partial charge in [-0.25, -0.2) is 4.98 Å². The van der Waals surface area contributed by atoms with E-state index in [1.165, 1.54) is 11.3 Å². The molecule has 0 spiro atoms. The number of carbonyl (C=O) groups is 1. The van der Waals surface area contributed by atoms with E-state index < -0.39 is 0 Å². The predicted molar refractivity (Wildman–Crippen MR) is 55.1 cm³/mol. The minimum atomic E-state index is -0.172. The van der Waals surface area contributed by atoms with Crippen molar-refractivity contribution in [2.75, 3.05) is 0 Å². The molecule has 2 rings (SSSR count). The third kappa shape index (κ3) is 1.17. The summed E-state index contributed by atoms with van der Waals surface area (Å²) in [6, 6.07) is 0. The second kappa shape index (κ2) is 3.02. The van der Waals surface area contributed by atoms with Gasteiger partial charge in [0.25, 0.3) is 5.56 Å². The summed E-state index contributed by atoms with van der Waals surface area (Å²) >= 11 is 1.25. The Hall–Kier alpha value is -1.49. The number of nitrogens with zero attached hydrogens (tertiary/aromatic N) is 1. The van der Waals surface area contributed by atoms with Crippen LogP contribution < -0.4 is 5.56 Å². The lowest BCUT2D eigenvalue weighted by molar-refractivity contribution is 0.112. The van der Waals surface area contributed by atoms with Crippen molar-refractivity contribution in [2.24, 2.45) is 0 Å². The molecule has 0 saturated carbocycles. The highest BCUT2D eigenvalue weighted by atomic mass is 32.1. The molecule has 0 aliphatic heterocycles. The summed E-state index contributed by atoms with van der Waals surface area (Å²) in [5, 5.41) is 0.530. The van der Waals surface area contributed by atoms with Gasteiger partial charge in [-0.3, -0.25) is 9.59 Å². The van der Waals surface area contributed by atoms with E-state index in [2.05, 4.69) is 9.97 Å². The van der Waals surface area contributed by atoms with Crippen LogP contribution in [0.1, 0.15) is 21.1 Å². The number of nitrogens with one attached hydrogen (secondary N) is 1. The molecule has 72 valence electrons. The minimum absolute atomic E-state index is 0.172. The molecule has 2 aromatic rings. The fraction of sp³-hybridized carbons (Fsp3) is 0.222. The van der Waals surface area contributed by atoms with Gasteiger partial charge in [-0.05, 0) is 19.4 Å². The quantitative estimate of drug-likeness (QED) is 0.721. The summed E-state index contributed by atoms with van der Waals surface area (Å²) in [6.45, 7) is 3.48. The molecular weight excluding hydrogens is 200 g/mol. The zero-order valence-electron chi connectivity index (χ0n) is 7.75. The van der Waals surface area contributed by atoms with Crippen molar-refractivity contribution in [3.05, 3.63) is 26.6 Å². The van der Waals surface area contributed by atoms with Gasteiger partial charge in [0, 0.05) is 0 Å². The van der Waals surface area contributed by atoms with Gasteiger partial charge in [0.05, 0.1) is 10.3 Å². The average Bonchev–Trinajstić information content (AvgIpc) is 2.42. The maximum absolute atomic E-state index is 11.5. The normalized spacial score (nSPS) is 10.7. The molecule has 0 amide bonds. The number of fused-ring (bicyclic) bond motifs is 1. The predicted octanol–water partition coefficient (Wildman–Crippen LogP) is 1.41. The molecule has 4 nitrogen and oxygen atoms in total. The Balaban J connectivity index is 2.99. The fourth-order valence-electron chi connectivity index (χ4n) is 1.38. The number of rotatable bonds is 1. The molecule has 0 aliphatic carbocycles. The molecule has 1 N–H and O–H groups in total. The molecule has 0 aliphatic rings. The summed E-state index contributed by atoms with van der Waals surface area (Å²) in [5.74, 6) is 0.571. The van der Waals surface area contributed by atoms with Crippen molar-refractivity contribution in [2.45, 2.75) is 13.8 Å². The van der Waals surface area contributed by atoms with Crippen molar-refractivity contribution in [1.29, 1.82) is 0 Å². The molecule has 0 saturated heterocycles. The van der Waals surface area contributed by atoms with Gasteiger partial charge in [0.1, 0.15) is 10.7 Å². The minimum Gasteiger partial charge on any atom is -0.310 e. The SMILES string of the molecule is Cc1nc2sc(C=O)c(C)c2c(=O)[nH]1. The topological polar surface area (TPSA) is 62.8 Å². The lowest BCUT2D eigenvalue weighted by Gasteiger charge is -1.92. The Labute approximate surface area is 83.6 Å². The van der Waals surface area contributed by atoms with Crippen LogP contribution in [0.4, 0.5) is 0 Å². The van der Waals surface area contributed by atoms with E-state index in [0.717, 1.165) is 6.29 Å². The molecule has 0 aromatic carbocycles. The summed E-state index contributed by atoms with van der Waals surface area (Å²) < 4.78 is 0. The summed E-state index contributed by atoms with van der Waals surface area (Å²) in [7, 11) is 0. The van der Waals surface area contributed by atoms with Crippen LogP contribution in [0.2, 0.25) is 0 Å². The zero-order chi connectivity index (χ0) is 10.3. The van der Waals surface area contributed by atoms with E-state index in [-0.39, 0.29) is 5.56 Å². The average molecular weight is 208 g/mol. The largest absolute Gasteiger partial charge is 0.310 e. The van der Waals surface area contributed by atoms with Crippen LogP contribution in [0.15, 0.2) is 4.79 Å². The number of hydrogen-bond acceptors (Lipinski definition) is 4. The van der Waals surface area contributed by atoms with Crippen LogP contribution in [-0.2, 0) is 0 Å². The number of thiophene rings is 1. The molecule has 5 heteroatoms. The summed E-state index contributed by atoms with van der Waals surface area (Å²) in [6.07, 6.45) is 0.760. The number of carbonyl (C=O) groups excluding carboxylic acids is 1. The van der Waals surface area contributed by atoms with Crippen LogP contribution >= 0.6 is 11.3 Å². The number of H-pyrrole nitrogens is 1. The van der Waals surface area contributed by atoms with Crippen LogP contribution in [0.3, 0.4) is 0 Å². The maximum Gasteiger partial charge on any atom is 0.259 e. The van der Waals surface area contributed by atoms with Gasteiger partial charge in [-0.1, -0.05) is 0 Å². The molecule has 0 radical (unpaired) electrons. The Bertz CT molecular complexity index is 568. The van der Waals surface area contributed by atoms with Gasteiger partial charge in [-0.2, -0.15) is 0 Å². The fourth-order valence-corrected chi connectivity index (χ4v) is 2.42. The van der Waals surface area contributed by atoms with Gasteiger partial charge in [0.15, 0.2) is 6.29 Å². The van der Waals surface area contributed by atoms with E-state index in [1.54, 1.807) is 13.8 Å². The van der Waals surface area contributed by atoms with Crippen LogP contribution in [0.5, 0.6) is 0 Å². The molecule has 0 unspecified atom stereocenters. The van der Waals surface area contributed by atoms with E-state index in [0.29, 0.717) is 26.5 Å². The first kappa shape index (κ1) is 9.08. The Kier molecular flexibility index (Phi) is 1.96. The van der Waals surface area contributed by atoms with Crippen LogP contribution in [0.25, 0.3) is 10.2 Å². The third-order valence-electron chi connectivity index (χ3n) is 2.06. The smallest absolute Gasteiger partial charge is 0.259 e. The second-order valence-corrected chi connectivity index (χ2v) is 4.07. The number of aldehydes is 1. The second-order valence-electron chi connectivity index (χ2n) is 3.04. The van der Waals surface area contributed by atoms with Gasteiger partial charge in [-0.15, -0.1) is 11.3 Å². The number of aromatic amines is 1. The molecule has 0 atom stereocenters. The molecule has 14 heavy (non-hydrogen) atoms. The van der Waals surface area contributed by atoms with Crippen LogP contribution in [-0.4, -0.2) is 16.3 Å². The van der Waals surface area contributed by atoms with Crippen molar-refractivity contribution < 1.29 is 4.79 Å². The van der Waals surface area contributed by atoms with E-state index >= 15 is 0 Å². The standard InChI is InChI=1S/C9H8N2O2S/c1-4-6(3-12)14-9-7(4)8(13)10-5(2)11-9/h3H,1-2H3,(H,10,11,13). The van der Waals surface area contributed by atoms with Gasteiger partial charge < -0.3 is 4.98 Å². The molecule has 0 fully saturated rings. The molecule has 2 heterocycles. The maximum atomic E-state index is 11.5. The van der Waals surface area contributed by atoms with Gasteiger partial charge in [0.2, 0.25) is 0 Å². The van der Waals surface area contributed by atoms with Crippen LogP contribution in [0, 0.1) is 13.8 Å². The zero-order valence-corrected chi connectivity index (χ0v) is 8.57. The number of hydrogen-bond donors (Lipinski definition) is 1. The molecular formula is C9H8N2O2S. The lowest BCUT2D eigenvalue weighted by atomic mass is 10.2. The van der Waals surface area contributed by atoms with E-state index in [1.807, 2.05) is 0 Å². The Morgan fingerprint density at radius 3 is 2.79 bits per heavy atom. The monoisotopic (exact) mass is 208 g/mol. The number of aryl methyl sites for hydroxylation is 2. The van der Waals surface area contributed by atoms with E-state index in [9.17, 15) is 9.59 Å². The first-order valence-corrected chi connectivity index (χ1v) is 4.90.